The lowest BCUT2D eigenvalue weighted by Crippen LogP contribution is -2.43. The van der Waals surface area contributed by atoms with Gasteiger partial charge in [0.2, 0.25) is 0 Å². The zero-order valence-electron chi connectivity index (χ0n) is 12.5. The quantitative estimate of drug-likeness (QED) is 0.665. The molecule has 0 saturated carbocycles. The zero-order valence-corrected chi connectivity index (χ0v) is 12.5. The van der Waals surface area contributed by atoms with Gasteiger partial charge in [-0.2, -0.15) is 0 Å². The van der Waals surface area contributed by atoms with Crippen LogP contribution in [0.1, 0.15) is 25.3 Å². The van der Waals surface area contributed by atoms with Crippen LogP contribution in [0.5, 0.6) is 5.75 Å². The average molecular weight is 294 g/mol. The number of nitro groups is 1. The number of hydrogen-bond donors (Lipinski definition) is 1. The smallest absolute Gasteiger partial charge is 0.270 e. The summed E-state index contributed by atoms with van der Waals surface area (Å²) in [5.41, 5.74) is 0.799. The molecule has 0 aromatic heterocycles. The Morgan fingerprint density at radius 3 is 2.90 bits per heavy atom. The number of aliphatic hydroxyl groups is 1. The summed E-state index contributed by atoms with van der Waals surface area (Å²) in [5.74, 6) is 0.664. The van der Waals surface area contributed by atoms with E-state index in [-0.39, 0.29) is 17.7 Å². The van der Waals surface area contributed by atoms with Crippen molar-refractivity contribution in [1.29, 1.82) is 0 Å². The molecule has 1 saturated heterocycles. The molecule has 6 heteroatoms. The number of likely N-dealkylation sites (tertiary alicyclic amines) is 1. The molecule has 116 valence electrons. The molecule has 0 bridgehead atoms. The third-order valence-electron chi connectivity index (χ3n) is 4.11. The van der Waals surface area contributed by atoms with Crippen LogP contribution < -0.4 is 4.74 Å². The topological polar surface area (TPSA) is 75.8 Å². The van der Waals surface area contributed by atoms with Crippen molar-refractivity contribution in [2.45, 2.75) is 26.3 Å². The molecule has 0 amide bonds. The fourth-order valence-electron chi connectivity index (χ4n) is 2.93. The summed E-state index contributed by atoms with van der Waals surface area (Å²) in [5, 5.41) is 20.4. The minimum Gasteiger partial charge on any atom is -0.496 e. The Balaban J connectivity index is 2.18. The highest BCUT2D eigenvalue weighted by molar-refractivity contribution is 5.43. The highest BCUT2D eigenvalue weighted by Crippen LogP contribution is 2.31. The van der Waals surface area contributed by atoms with Crippen molar-refractivity contribution >= 4 is 5.69 Å². The van der Waals surface area contributed by atoms with E-state index in [9.17, 15) is 15.2 Å². The number of benzene rings is 1. The first-order chi connectivity index (χ1) is 9.97. The minimum absolute atomic E-state index is 0.0766. The summed E-state index contributed by atoms with van der Waals surface area (Å²) in [6.45, 7) is 4.55. The SMILES string of the molecule is COc1ccc([N+](=O)[O-])cc1CN1CCCC(C)(CO)C1. The molecule has 21 heavy (non-hydrogen) atoms. The summed E-state index contributed by atoms with van der Waals surface area (Å²) in [4.78, 5) is 12.7. The van der Waals surface area contributed by atoms with Gasteiger partial charge in [-0.3, -0.25) is 15.0 Å². The number of nitro benzene ring substituents is 1. The number of rotatable bonds is 5. The van der Waals surface area contributed by atoms with E-state index < -0.39 is 4.92 Å². The summed E-state index contributed by atoms with van der Waals surface area (Å²) in [6, 6.07) is 4.67. The van der Waals surface area contributed by atoms with E-state index >= 15 is 0 Å². The van der Waals surface area contributed by atoms with Crippen molar-refractivity contribution in [3.8, 4) is 5.75 Å². The molecular weight excluding hydrogens is 272 g/mol. The first-order valence-corrected chi connectivity index (χ1v) is 7.12. The second-order valence-corrected chi connectivity index (χ2v) is 6.04. The molecule has 0 aliphatic carbocycles. The van der Waals surface area contributed by atoms with Crippen molar-refractivity contribution in [2.75, 3.05) is 26.8 Å². The Labute approximate surface area is 124 Å². The summed E-state index contributed by atoms with van der Waals surface area (Å²) in [7, 11) is 1.57. The molecule has 2 rings (SSSR count). The summed E-state index contributed by atoms with van der Waals surface area (Å²) >= 11 is 0. The Morgan fingerprint density at radius 2 is 2.29 bits per heavy atom. The fourth-order valence-corrected chi connectivity index (χ4v) is 2.93. The third kappa shape index (κ3) is 3.71. The Morgan fingerprint density at radius 1 is 1.52 bits per heavy atom. The van der Waals surface area contributed by atoms with Gasteiger partial charge in [-0.25, -0.2) is 0 Å². The lowest BCUT2D eigenvalue weighted by Gasteiger charge is -2.39. The van der Waals surface area contributed by atoms with E-state index in [0.717, 1.165) is 31.5 Å². The molecular formula is C15H22N2O4. The Kier molecular flexibility index (Phi) is 4.80. The molecule has 0 spiro atoms. The molecule has 1 N–H and O–H groups in total. The lowest BCUT2D eigenvalue weighted by atomic mass is 9.82. The van der Waals surface area contributed by atoms with Crippen LogP contribution in [-0.2, 0) is 6.54 Å². The molecule has 1 unspecified atom stereocenters. The van der Waals surface area contributed by atoms with E-state index in [1.54, 1.807) is 19.2 Å². The maximum atomic E-state index is 10.9. The largest absolute Gasteiger partial charge is 0.496 e. The number of hydrogen-bond acceptors (Lipinski definition) is 5. The number of ether oxygens (including phenoxy) is 1. The number of non-ortho nitro benzene ring substituents is 1. The number of piperidine rings is 1. The summed E-state index contributed by atoms with van der Waals surface area (Å²) < 4.78 is 5.30. The minimum atomic E-state index is -0.392. The number of aliphatic hydroxyl groups excluding tert-OH is 1. The van der Waals surface area contributed by atoms with Crippen LogP contribution >= 0.6 is 0 Å². The van der Waals surface area contributed by atoms with Gasteiger partial charge < -0.3 is 9.84 Å². The monoisotopic (exact) mass is 294 g/mol. The Hall–Kier alpha value is -1.66. The first-order valence-electron chi connectivity index (χ1n) is 7.12. The van der Waals surface area contributed by atoms with Crippen LogP contribution in [0.2, 0.25) is 0 Å². The van der Waals surface area contributed by atoms with Gasteiger partial charge in [-0.15, -0.1) is 0 Å². The van der Waals surface area contributed by atoms with Crippen molar-refractivity contribution in [2.24, 2.45) is 5.41 Å². The van der Waals surface area contributed by atoms with Crippen LogP contribution in [-0.4, -0.2) is 41.7 Å². The van der Waals surface area contributed by atoms with E-state index in [1.165, 1.54) is 6.07 Å². The van der Waals surface area contributed by atoms with Crippen molar-refractivity contribution in [3.05, 3.63) is 33.9 Å². The van der Waals surface area contributed by atoms with E-state index in [4.69, 9.17) is 4.74 Å². The highest BCUT2D eigenvalue weighted by atomic mass is 16.6. The molecule has 6 nitrogen and oxygen atoms in total. The number of nitrogens with zero attached hydrogens (tertiary/aromatic N) is 2. The van der Waals surface area contributed by atoms with Gasteiger partial charge >= 0.3 is 0 Å². The van der Waals surface area contributed by atoms with Crippen LogP contribution in [0.3, 0.4) is 0 Å². The van der Waals surface area contributed by atoms with Gasteiger partial charge in [0.15, 0.2) is 0 Å². The van der Waals surface area contributed by atoms with E-state index in [2.05, 4.69) is 11.8 Å². The van der Waals surface area contributed by atoms with E-state index in [0.29, 0.717) is 12.3 Å². The van der Waals surface area contributed by atoms with Crippen molar-refractivity contribution in [1.82, 2.24) is 4.90 Å². The fraction of sp³-hybridized carbons (Fsp3) is 0.600. The van der Waals surface area contributed by atoms with Gasteiger partial charge in [-0.1, -0.05) is 6.92 Å². The second kappa shape index (κ2) is 6.41. The molecule has 1 aromatic carbocycles. The van der Waals surface area contributed by atoms with Crippen LogP contribution in [0.25, 0.3) is 0 Å². The predicted octanol–water partition coefficient (Wildman–Crippen LogP) is 2.20. The van der Waals surface area contributed by atoms with Gasteiger partial charge in [0.1, 0.15) is 5.75 Å². The molecule has 1 heterocycles. The predicted molar refractivity (Wildman–Crippen MR) is 79.4 cm³/mol. The standard InChI is InChI=1S/C15H22N2O4/c1-15(11-18)6-3-7-16(10-15)9-12-8-13(17(19)20)4-5-14(12)21-2/h4-5,8,18H,3,6-7,9-11H2,1-2H3. The van der Waals surface area contributed by atoms with Crippen LogP contribution in [0, 0.1) is 15.5 Å². The second-order valence-electron chi connectivity index (χ2n) is 6.04. The van der Waals surface area contributed by atoms with Crippen molar-refractivity contribution in [3.63, 3.8) is 0 Å². The highest BCUT2D eigenvalue weighted by Gasteiger charge is 2.30. The molecule has 1 aliphatic heterocycles. The summed E-state index contributed by atoms with van der Waals surface area (Å²) in [6.07, 6.45) is 2.03. The zero-order chi connectivity index (χ0) is 15.5. The number of methoxy groups -OCH3 is 1. The molecule has 1 aromatic rings. The maximum Gasteiger partial charge on any atom is 0.270 e. The van der Waals surface area contributed by atoms with E-state index in [1.807, 2.05) is 0 Å². The van der Waals surface area contributed by atoms with Gasteiger partial charge in [0.05, 0.1) is 12.0 Å². The Bertz CT molecular complexity index is 520. The molecule has 1 atom stereocenters. The van der Waals surface area contributed by atoms with Crippen molar-refractivity contribution < 1.29 is 14.8 Å². The average Bonchev–Trinajstić information content (AvgIpc) is 2.47. The van der Waals surface area contributed by atoms with Crippen LogP contribution in [0.4, 0.5) is 5.69 Å². The normalized spacial score (nSPS) is 23.0. The first kappa shape index (κ1) is 15.7. The van der Waals surface area contributed by atoms with Crippen LogP contribution in [0.15, 0.2) is 18.2 Å². The van der Waals surface area contributed by atoms with Gasteiger partial charge in [0, 0.05) is 42.8 Å². The molecule has 1 fully saturated rings. The van der Waals surface area contributed by atoms with Gasteiger partial charge in [-0.05, 0) is 25.5 Å². The van der Waals surface area contributed by atoms with Gasteiger partial charge in [0.25, 0.3) is 5.69 Å². The third-order valence-corrected chi connectivity index (χ3v) is 4.11. The lowest BCUT2D eigenvalue weighted by molar-refractivity contribution is -0.385. The molecule has 1 aliphatic rings. The molecule has 0 radical (unpaired) electrons. The maximum absolute atomic E-state index is 10.9.